The van der Waals surface area contributed by atoms with Gasteiger partial charge in [-0.05, 0) is 19.1 Å². The molecule has 0 aliphatic carbocycles. The molecule has 2 heterocycles. The largest absolute Gasteiger partial charge is 0.497 e. The summed E-state index contributed by atoms with van der Waals surface area (Å²) in [6.07, 6.45) is 0. The van der Waals surface area contributed by atoms with Crippen LogP contribution in [0.15, 0.2) is 33.9 Å². The Kier molecular flexibility index (Phi) is 2.67. The number of aromatic nitrogens is 4. The molecule has 0 unspecified atom stereocenters. The van der Waals surface area contributed by atoms with Crippen LogP contribution >= 0.6 is 0 Å². The summed E-state index contributed by atoms with van der Waals surface area (Å²) >= 11 is 0. The first-order chi connectivity index (χ1) is 9.60. The van der Waals surface area contributed by atoms with Crippen molar-refractivity contribution in [3.05, 3.63) is 50.9 Å². The van der Waals surface area contributed by atoms with Crippen molar-refractivity contribution in [2.75, 3.05) is 7.11 Å². The summed E-state index contributed by atoms with van der Waals surface area (Å²) in [6, 6.07) is 6.90. The third-order valence-corrected chi connectivity index (χ3v) is 2.98. The van der Waals surface area contributed by atoms with E-state index in [1.165, 1.54) is 11.7 Å². The van der Waals surface area contributed by atoms with E-state index in [-0.39, 0.29) is 16.7 Å². The summed E-state index contributed by atoms with van der Waals surface area (Å²) in [4.78, 5) is 33.4. The molecule has 2 aromatic heterocycles. The molecule has 3 rings (SSSR count). The zero-order valence-electron chi connectivity index (χ0n) is 10.9. The molecule has 7 heteroatoms. The van der Waals surface area contributed by atoms with E-state index in [1.807, 2.05) is 0 Å². The lowest BCUT2D eigenvalue weighted by Crippen LogP contribution is -2.19. The third kappa shape index (κ3) is 1.80. The fraction of sp³-hybridized carbons (Fsp3) is 0.154. The van der Waals surface area contributed by atoms with Gasteiger partial charge in [-0.15, -0.1) is 0 Å². The van der Waals surface area contributed by atoms with Crippen molar-refractivity contribution in [3.63, 3.8) is 0 Å². The summed E-state index contributed by atoms with van der Waals surface area (Å²) in [5.74, 6) is 1.04. The number of benzene rings is 1. The fourth-order valence-corrected chi connectivity index (χ4v) is 2.13. The average Bonchev–Trinajstić information content (AvgIpc) is 2.75. The molecule has 0 saturated carbocycles. The van der Waals surface area contributed by atoms with Crippen LogP contribution in [0.4, 0.5) is 0 Å². The van der Waals surface area contributed by atoms with Gasteiger partial charge in [0.2, 0.25) is 0 Å². The van der Waals surface area contributed by atoms with Gasteiger partial charge in [0.05, 0.1) is 12.8 Å². The molecule has 2 N–H and O–H groups in total. The van der Waals surface area contributed by atoms with E-state index >= 15 is 0 Å². The minimum Gasteiger partial charge on any atom is -0.497 e. The van der Waals surface area contributed by atoms with Crippen LogP contribution in [0.2, 0.25) is 0 Å². The number of hydrogen-bond acceptors (Lipinski definition) is 4. The van der Waals surface area contributed by atoms with Crippen LogP contribution in [0.3, 0.4) is 0 Å². The number of methoxy groups -OCH3 is 1. The van der Waals surface area contributed by atoms with Crippen LogP contribution < -0.4 is 16.0 Å². The first kappa shape index (κ1) is 12.2. The summed E-state index contributed by atoms with van der Waals surface area (Å²) in [7, 11) is 1.54. The van der Waals surface area contributed by atoms with E-state index in [1.54, 1.807) is 31.2 Å². The highest BCUT2D eigenvalue weighted by molar-refractivity contribution is 5.72. The van der Waals surface area contributed by atoms with Crippen molar-refractivity contribution in [3.8, 4) is 11.4 Å². The van der Waals surface area contributed by atoms with Gasteiger partial charge in [-0.3, -0.25) is 14.3 Å². The van der Waals surface area contributed by atoms with Gasteiger partial charge in [-0.2, -0.15) is 0 Å². The highest BCUT2D eigenvalue weighted by atomic mass is 16.5. The lowest BCUT2D eigenvalue weighted by molar-refractivity contribution is 0.414. The highest BCUT2D eigenvalue weighted by Crippen LogP contribution is 2.17. The van der Waals surface area contributed by atoms with Crippen molar-refractivity contribution in [1.29, 1.82) is 0 Å². The molecule has 0 aliphatic heterocycles. The third-order valence-electron chi connectivity index (χ3n) is 2.98. The topological polar surface area (TPSA) is 92.8 Å². The summed E-state index contributed by atoms with van der Waals surface area (Å²) < 4.78 is 6.41. The minimum atomic E-state index is -0.420. The number of imidazole rings is 1. The molecule has 0 amide bonds. The van der Waals surface area contributed by atoms with Crippen LogP contribution in [0, 0.1) is 6.92 Å². The number of aromatic amines is 2. The fourth-order valence-electron chi connectivity index (χ4n) is 2.13. The number of nitrogens with zero attached hydrogens (tertiary/aromatic N) is 2. The van der Waals surface area contributed by atoms with Gasteiger partial charge in [-0.25, -0.2) is 9.78 Å². The Morgan fingerprint density at radius 2 is 2.05 bits per heavy atom. The number of fused-ring (bicyclic) bond motifs is 1. The molecule has 20 heavy (non-hydrogen) atoms. The lowest BCUT2D eigenvalue weighted by Gasteiger charge is -2.05. The Bertz CT molecular complexity index is 904. The van der Waals surface area contributed by atoms with Gasteiger partial charge in [0.1, 0.15) is 11.6 Å². The normalized spacial score (nSPS) is 10.9. The average molecular weight is 272 g/mol. The molecule has 1 aromatic carbocycles. The van der Waals surface area contributed by atoms with Crippen LogP contribution in [-0.2, 0) is 0 Å². The van der Waals surface area contributed by atoms with Crippen molar-refractivity contribution < 1.29 is 4.74 Å². The van der Waals surface area contributed by atoms with E-state index in [0.29, 0.717) is 17.3 Å². The first-order valence-corrected chi connectivity index (χ1v) is 5.96. The van der Waals surface area contributed by atoms with Gasteiger partial charge in [0.25, 0.3) is 5.56 Å². The highest BCUT2D eigenvalue weighted by Gasteiger charge is 2.14. The second-order valence-corrected chi connectivity index (χ2v) is 4.32. The van der Waals surface area contributed by atoms with Crippen LogP contribution in [-0.4, -0.2) is 26.6 Å². The monoisotopic (exact) mass is 272 g/mol. The first-order valence-electron chi connectivity index (χ1n) is 5.96. The Hall–Kier alpha value is -2.83. The molecule has 0 bridgehead atoms. The number of hydrogen-bond donors (Lipinski definition) is 2. The zero-order chi connectivity index (χ0) is 14.3. The van der Waals surface area contributed by atoms with E-state index in [2.05, 4.69) is 15.0 Å². The Labute approximate surface area is 112 Å². The molecule has 0 saturated heterocycles. The quantitative estimate of drug-likeness (QED) is 0.719. The van der Waals surface area contributed by atoms with Gasteiger partial charge >= 0.3 is 5.69 Å². The van der Waals surface area contributed by atoms with Gasteiger partial charge in [0.15, 0.2) is 11.2 Å². The van der Waals surface area contributed by atoms with E-state index in [4.69, 9.17) is 4.74 Å². The molecule has 102 valence electrons. The maximum Gasteiger partial charge on any atom is 0.332 e. The molecule has 0 atom stereocenters. The number of rotatable bonds is 2. The Balaban J connectivity index is 2.39. The lowest BCUT2D eigenvalue weighted by atomic mass is 10.3. The second kappa shape index (κ2) is 4.37. The maximum atomic E-state index is 12.1. The minimum absolute atomic E-state index is 0.189. The molecular weight excluding hydrogens is 260 g/mol. The van der Waals surface area contributed by atoms with Crippen molar-refractivity contribution in [1.82, 2.24) is 19.5 Å². The van der Waals surface area contributed by atoms with Gasteiger partial charge in [-0.1, -0.05) is 6.07 Å². The van der Waals surface area contributed by atoms with Gasteiger partial charge in [0, 0.05) is 6.07 Å². The molecular formula is C13H12N4O3. The molecule has 0 aliphatic rings. The Morgan fingerprint density at radius 1 is 1.25 bits per heavy atom. The van der Waals surface area contributed by atoms with Crippen LogP contribution in [0.25, 0.3) is 16.9 Å². The van der Waals surface area contributed by atoms with Crippen molar-refractivity contribution in [2.45, 2.75) is 6.92 Å². The molecule has 0 radical (unpaired) electrons. The predicted octanol–water partition coefficient (Wildman–Crippen LogP) is 0.719. The number of nitrogens with one attached hydrogen (secondary N) is 2. The van der Waals surface area contributed by atoms with Crippen LogP contribution in [0.1, 0.15) is 5.82 Å². The zero-order valence-corrected chi connectivity index (χ0v) is 10.9. The SMILES string of the molecule is COc1cccc(-n2c(=O)[nH]c3nc(C)[nH]c(=O)c32)c1. The molecule has 0 spiro atoms. The van der Waals surface area contributed by atoms with E-state index in [9.17, 15) is 9.59 Å². The number of aryl methyl sites for hydroxylation is 1. The second-order valence-electron chi connectivity index (χ2n) is 4.32. The van der Waals surface area contributed by atoms with Gasteiger partial charge < -0.3 is 9.72 Å². The number of ether oxygens (including phenoxy) is 1. The van der Waals surface area contributed by atoms with Crippen molar-refractivity contribution >= 4 is 11.2 Å². The summed E-state index contributed by atoms with van der Waals surface area (Å²) in [6.45, 7) is 1.65. The molecule has 7 nitrogen and oxygen atoms in total. The standard InChI is InChI=1S/C13H12N4O3/c1-7-14-11-10(12(18)15-7)17(13(19)16-11)8-4-3-5-9(6-8)20-2/h3-6H,1-2H3,(H2,14,15,16,18,19). The molecule has 0 fully saturated rings. The molecule has 3 aromatic rings. The van der Waals surface area contributed by atoms with E-state index < -0.39 is 5.69 Å². The van der Waals surface area contributed by atoms with E-state index in [0.717, 1.165) is 0 Å². The maximum absolute atomic E-state index is 12.1. The number of H-pyrrole nitrogens is 2. The summed E-state index contributed by atoms with van der Waals surface area (Å²) in [5.41, 5.74) is 0.204. The summed E-state index contributed by atoms with van der Waals surface area (Å²) in [5, 5.41) is 0. The van der Waals surface area contributed by atoms with Crippen LogP contribution in [0.5, 0.6) is 5.75 Å². The van der Waals surface area contributed by atoms with Crippen molar-refractivity contribution in [2.24, 2.45) is 0 Å². The Morgan fingerprint density at radius 3 is 2.80 bits per heavy atom. The smallest absolute Gasteiger partial charge is 0.332 e. The predicted molar refractivity (Wildman–Crippen MR) is 73.6 cm³/mol.